The maximum absolute atomic E-state index is 12.7. The van der Waals surface area contributed by atoms with Crippen molar-refractivity contribution in [3.05, 3.63) is 53.1 Å². The van der Waals surface area contributed by atoms with Crippen LogP contribution in [-0.4, -0.2) is 55.7 Å². The van der Waals surface area contributed by atoms with E-state index in [0.29, 0.717) is 17.1 Å². The molecule has 0 bridgehead atoms. The Morgan fingerprint density at radius 1 is 1.12 bits per heavy atom. The lowest BCUT2D eigenvalue weighted by Crippen LogP contribution is -2.30. The minimum Gasteiger partial charge on any atom is -0.493 e. The van der Waals surface area contributed by atoms with Gasteiger partial charge in [0, 0.05) is 0 Å². The smallest absolute Gasteiger partial charge is 0.373 e. The lowest BCUT2D eigenvalue weighted by molar-refractivity contribution is -0.149. The summed E-state index contributed by atoms with van der Waals surface area (Å²) in [6.07, 6.45) is 1.22. The van der Waals surface area contributed by atoms with E-state index in [0.717, 1.165) is 4.90 Å². The van der Waals surface area contributed by atoms with Crippen LogP contribution in [0.1, 0.15) is 35.7 Å². The number of nitrogens with zero attached hydrogens (tertiary/aromatic N) is 1. The van der Waals surface area contributed by atoms with Crippen molar-refractivity contribution in [2.75, 3.05) is 20.8 Å². The van der Waals surface area contributed by atoms with Gasteiger partial charge in [-0.15, -0.1) is 0 Å². The molecule has 0 unspecified atom stereocenters. The summed E-state index contributed by atoms with van der Waals surface area (Å²) in [6, 6.07) is 7.04. The molecule has 2 heterocycles. The second-order valence-electron chi connectivity index (χ2n) is 7.37. The number of hydrogen-bond donors (Lipinski definition) is 1. The van der Waals surface area contributed by atoms with E-state index in [1.807, 2.05) is 0 Å². The van der Waals surface area contributed by atoms with Crippen molar-refractivity contribution in [2.24, 2.45) is 0 Å². The molecule has 1 aromatic heterocycles. The molecule has 3 rings (SSSR count). The zero-order valence-electron chi connectivity index (χ0n) is 19.1. The number of ether oxygens (including phenoxy) is 4. The van der Waals surface area contributed by atoms with E-state index in [2.05, 4.69) is 10.1 Å². The molecule has 0 saturated carbocycles. The molecule has 3 amide bonds. The molecule has 34 heavy (non-hydrogen) atoms. The van der Waals surface area contributed by atoms with Crippen LogP contribution in [0.2, 0.25) is 0 Å². The van der Waals surface area contributed by atoms with Crippen LogP contribution in [0.3, 0.4) is 0 Å². The molecule has 1 aliphatic rings. The monoisotopic (exact) mass is 472 g/mol. The summed E-state index contributed by atoms with van der Waals surface area (Å²) in [5, 5.41) is 2.51. The normalized spacial score (nSPS) is 14.4. The van der Waals surface area contributed by atoms with E-state index >= 15 is 0 Å². The van der Waals surface area contributed by atoms with Gasteiger partial charge in [0.2, 0.25) is 5.76 Å². The number of rotatable bonds is 9. The average Bonchev–Trinajstić information content (AvgIpc) is 3.37. The van der Waals surface area contributed by atoms with Crippen LogP contribution in [0, 0.1) is 0 Å². The van der Waals surface area contributed by atoms with Crippen molar-refractivity contribution in [3.63, 3.8) is 0 Å². The second kappa shape index (κ2) is 10.6. The van der Waals surface area contributed by atoms with Gasteiger partial charge in [0.1, 0.15) is 11.5 Å². The number of hydrogen-bond acceptors (Lipinski definition) is 9. The largest absolute Gasteiger partial charge is 0.493 e. The first-order valence-electron chi connectivity index (χ1n) is 10.2. The third-order valence-electron chi connectivity index (χ3n) is 4.54. The lowest BCUT2D eigenvalue weighted by atomic mass is 10.1. The zero-order valence-corrected chi connectivity index (χ0v) is 19.1. The van der Waals surface area contributed by atoms with Crippen LogP contribution >= 0.6 is 0 Å². The molecule has 0 spiro atoms. The van der Waals surface area contributed by atoms with Gasteiger partial charge >= 0.3 is 18.0 Å². The Balaban J connectivity index is 1.71. The summed E-state index contributed by atoms with van der Waals surface area (Å²) >= 11 is 0. The highest BCUT2D eigenvalue weighted by Gasteiger charge is 2.34. The zero-order chi connectivity index (χ0) is 24.8. The highest BCUT2D eigenvalue weighted by atomic mass is 16.6. The van der Waals surface area contributed by atoms with Crippen molar-refractivity contribution in [3.8, 4) is 11.5 Å². The van der Waals surface area contributed by atoms with Crippen LogP contribution in [0.15, 0.2) is 40.4 Å². The molecule has 2 aromatic rings. The van der Waals surface area contributed by atoms with E-state index in [4.69, 9.17) is 18.6 Å². The molecule has 1 aromatic carbocycles. The Morgan fingerprint density at radius 2 is 1.88 bits per heavy atom. The Labute approximate surface area is 195 Å². The van der Waals surface area contributed by atoms with Crippen molar-refractivity contribution < 1.29 is 42.5 Å². The number of amides is 3. The number of furan rings is 1. The third-order valence-corrected chi connectivity index (χ3v) is 4.54. The number of urea groups is 1. The molecule has 11 heteroatoms. The number of nitrogens with one attached hydrogen (secondary N) is 1. The highest BCUT2D eigenvalue weighted by molar-refractivity contribution is 6.13. The summed E-state index contributed by atoms with van der Waals surface area (Å²) in [5.41, 5.74) is 0.589. The van der Waals surface area contributed by atoms with E-state index < -0.39 is 23.9 Å². The maximum Gasteiger partial charge on any atom is 0.373 e. The van der Waals surface area contributed by atoms with Gasteiger partial charge in [-0.05, 0) is 49.8 Å². The summed E-state index contributed by atoms with van der Waals surface area (Å²) in [4.78, 5) is 49.2. The number of benzene rings is 1. The van der Waals surface area contributed by atoms with Gasteiger partial charge in [-0.2, -0.15) is 0 Å². The molecule has 11 nitrogen and oxygen atoms in total. The number of carbonyl (C=O) groups is 4. The van der Waals surface area contributed by atoms with Gasteiger partial charge in [-0.1, -0.05) is 6.07 Å². The molecular weight excluding hydrogens is 448 g/mol. The third kappa shape index (κ3) is 5.74. The Morgan fingerprint density at radius 3 is 2.56 bits per heavy atom. The quantitative estimate of drug-likeness (QED) is 0.332. The van der Waals surface area contributed by atoms with Gasteiger partial charge in [-0.3, -0.25) is 9.69 Å². The molecule has 180 valence electrons. The number of carbonyl (C=O) groups excluding carboxylic acids is 4. The average molecular weight is 472 g/mol. The fraction of sp³-hybridized carbons (Fsp3) is 0.304. The van der Waals surface area contributed by atoms with E-state index in [1.54, 1.807) is 32.0 Å². The highest BCUT2D eigenvalue weighted by Crippen LogP contribution is 2.29. The van der Waals surface area contributed by atoms with Crippen molar-refractivity contribution >= 4 is 30.0 Å². The van der Waals surface area contributed by atoms with Crippen LogP contribution in [0.5, 0.6) is 11.5 Å². The van der Waals surface area contributed by atoms with Crippen LogP contribution in [0.25, 0.3) is 6.08 Å². The molecule has 1 fully saturated rings. The van der Waals surface area contributed by atoms with Gasteiger partial charge in [-0.25, -0.2) is 14.4 Å². The topological polar surface area (TPSA) is 134 Å². The first kappa shape index (κ1) is 24.4. The van der Waals surface area contributed by atoms with Crippen LogP contribution in [-0.2, 0) is 25.6 Å². The van der Waals surface area contributed by atoms with Crippen molar-refractivity contribution in [1.82, 2.24) is 10.2 Å². The van der Waals surface area contributed by atoms with E-state index in [-0.39, 0.29) is 36.5 Å². The van der Waals surface area contributed by atoms with Gasteiger partial charge in [0.25, 0.3) is 5.91 Å². The lowest BCUT2D eigenvalue weighted by Gasteiger charge is -2.12. The minimum atomic E-state index is -0.665. The molecular formula is C23H24N2O9. The molecule has 0 radical (unpaired) electrons. The first-order valence-corrected chi connectivity index (χ1v) is 10.2. The number of esters is 2. The first-order chi connectivity index (χ1) is 16.2. The number of imide groups is 1. The fourth-order valence-corrected chi connectivity index (χ4v) is 3.04. The molecule has 0 atom stereocenters. The van der Waals surface area contributed by atoms with E-state index in [9.17, 15) is 19.2 Å². The molecule has 1 N–H and O–H groups in total. The fourth-order valence-electron chi connectivity index (χ4n) is 3.04. The maximum atomic E-state index is 12.7. The Hall–Kier alpha value is -4.28. The summed E-state index contributed by atoms with van der Waals surface area (Å²) in [6.45, 7) is 3.02. The van der Waals surface area contributed by atoms with Crippen molar-refractivity contribution in [1.29, 1.82) is 0 Å². The summed E-state index contributed by atoms with van der Waals surface area (Å²) in [7, 11) is 2.65. The van der Waals surface area contributed by atoms with Crippen molar-refractivity contribution in [2.45, 2.75) is 26.5 Å². The van der Waals surface area contributed by atoms with Gasteiger partial charge < -0.3 is 28.7 Å². The van der Waals surface area contributed by atoms with E-state index in [1.165, 1.54) is 32.4 Å². The van der Waals surface area contributed by atoms with Crippen LogP contribution in [0.4, 0.5) is 4.79 Å². The Bertz CT molecular complexity index is 1130. The SMILES string of the molecule is COC(=O)c1ccc(CN2C(=O)NC(=Cc3ccc(OCC(=O)OC(C)C)c(OC)c3)C2=O)o1. The Kier molecular flexibility index (Phi) is 7.57. The van der Waals surface area contributed by atoms with Crippen LogP contribution < -0.4 is 14.8 Å². The minimum absolute atomic E-state index is 0.0350. The number of methoxy groups -OCH3 is 2. The van der Waals surface area contributed by atoms with Gasteiger partial charge in [0.15, 0.2) is 18.1 Å². The standard InChI is InChI=1S/C23H24N2O9/c1-13(2)33-20(26)12-32-17-7-5-14(10-19(17)30-3)9-16-21(27)25(23(29)24-16)11-15-6-8-18(34-15)22(28)31-4/h5-10,13H,11-12H2,1-4H3,(H,24,29). The predicted molar refractivity (Wildman–Crippen MR) is 117 cm³/mol. The summed E-state index contributed by atoms with van der Waals surface area (Å²) in [5.74, 6) is -0.910. The van der Waals surface area contributed by atoms with Gasteiger partial charge in [0.05, 0.1) is 26.9 Å². The second-order valence-corrected chi connectivity index (χ2v) is 7.37. The molecule has 0 aliphatic carbocycles. The molecule has 1 aliphatic heterocycles. The molecule has 1 saturated heterocycles. The predicted octanol–water partition coefficient (Wildman–Crippen LogP) is 2.50. The summed E-state index contributed by atoms with van der Waals surface area (Å²) < 4.78 is 25.7.